The van der Waals surface area contributed by atoms with E-state index in [0.29, 0.717) is 10.6 Å². The lowest BCUT2D eigenvalue weighted by Crippen LogP contribution is -2.19. The number of anilines is 1. The van der Waals surface area contributed by atoms with Crippen LogP contribution in [0.15, 0.2) is 23.1 Å². The Bertz CT molecular complexity index is 312. The van der Waals surface area contributed by atoms with Crippen molar-refractivity contribution in [2.24, 2.45) is 5.73 Å². The van der Waals surface area contributed by atoms with E-state index < -0.39 is 6.03 Å². The second-order valence-electron chi connectivity index (χ2n) is 2.51. The summed E-state index contributed by atoms with van der Waals surface area (Å²) in [7, 11) is 0. The Balaban J connectivity index is 2.93. The van der Waals surface area contributed by atoms with Gasteiger partial charge in [-0.25, -0.2) is 4.79 Å². The molecule has 0 radical (unpaired) electrons. The first-order valence-corrected chi connectivity index (χ1v) is 3.90. The van der Waals surface area contributed by atoms with Crippen molar-refractivity contribution in [1.29, 1.82) is 0 Å². The first-order chi connectivity index (χ1) is 5.59. The Kier molecular flexibility index (Phi) is 2.60. The van der Waals surface area contributed by atoms with Crippen LogP contribution in [0.2, 0.25) is 0 Å². The average molecular weight is 182 g/mol. The lowest BCUT2D eigenvalue weighted by molar-refractivity contribution is 0.259. The molecule has 0 aliphatic carbocycles. The molecule has 1 aromatic rings. The second-order valence-corrected chi connectivity index (χ2v) is 2.99. The highest BCUT2D eigenvalue weighted by Crippen LogP contribution is 2.20. The summed E-state index contributed by atoms with van der Waals surface area (Å²) >= 11 is 4.17. The lowest BCUT2D eigenvalue weighted by atomic mass is 10.2. The van der Waals surface area contributed by atoms with Crippen molar-refractivity contribution >= 4 is 24.3 Å². The number of primary amides is 1. The predicted molar refractivity (Wildman–Crippen MR) is 51.6 cm³/mol. The molecule has 0 atom stereocenters. The summed E-state index contributed by atoms with van der Waals surface area (Å²) in [5.74, 6) is 0. The first-order valence-electron chi connectivity index (χ1n) is 3.45. The summed E-state index contributed by atoms with van der Waals surface area (Å²) in [6.07, 6.45) is 0. The number of hydrogen-bond donors (Lipinski definition) is 3. The van der Waals surface area contributed by atoms with Crippen LogP contribution < -0.4 is 11.1 Å². The minimum Gasteiger partial charge on any atom is -0.351 e. The van der Waals surface area contributed by atoms with Gasteiger partial charge in [0, 0.05) is 4.90 Å². The number of rotatable bonds is 1. The van der Waals surface area contributed by atoms with Crippen LogP contribution in [-0.4, -0.2) is 6.03 Å². The van der Waals surface area contributed by atoms with Crippen molar-refractivity contribution in [1.82, 2.24) is 0 Å². The molecule has 0 bridgehead atoms. The Labute approximate surface area is 76.4 Å². The molecule has 64 valence electrons. The molecule has 0 aliphatic rings. The Morgan fingerprint density at radius 2 is 2.25 bits per heavy atom. The normalized spacial score (nSPS) is 9.50. The smallest absolute Gasteiger partial charge is 0.316 e. The monoisotopic (exact) mass is 182 g/mol. The van der Waals surface area contributed by atoms with Crippen LogP contribution in [0.25, 0.3) is 0 Å². The molecule has 0 aliphatic heterocycles. The molecule has 2 amide bonds. The Morgan fingerprint density at radius 3 is 2.75 bits per heavy atom. The summed E-state index contributed by atoms with van der Waals surface area (Å²) in [5, 5.41) is 2.46. The number of aryl methyl sites for hydroxylation is 1. The third-order valence-electron chi connectivity index (χ3n) is 1.41. The van der Waals surface area contributed by atoms with E-state index in [9.17, 15) is 4.79 Å². The topological polar surface area (TPSA) is 55.1 Å². The molecular weight excluding hydrogens is 172 g/mol. The molecule has 12 heavy (non-hydrogen) atoms. The summed E-state index contributed by atoms with van der Waals surface area (Å²) in [6, 6.07) is 4.93. The number of benzene rings is 1. The molecule has 1 aromatic carbocycles. The van der Waals surface area contributed by atoms with Gasteiger partial charge in [0.15, 0.2) is 0 Å². The maximum atomic E-state index is 10.5. The van der Waals surface area contributed by atoms with Crippen molar-refractivity contribution in [3.05, 3.63) is 23.8 Å². The number of carbonyl (C=O) groups excluding carboxylic acids is 1. The predicted octanol–water partition coefficient (Wildman–Crippen LogP) is 1.77. The average Bonchev–Trinajstić information content (AvgIpc) is 1.94. The second kappa shape index (κ2) is 3.49. The quantitative estimate of drug-likeness (QED) is 0.570. The van der Waals surface area contributed by atoms with Gasteiger partial charge in [-0.15, -0.1) is 12.6 Å². The molecule has 3 nitrogen and oxygen atoms in total. The number of hydrogen-bond acceptors (Lipinski definition) is 2. The van der Waals surface area contributed by atoms with E-state index in [-0.39, 0.29) is 0 Å². The maximum Gasteiger partial charge on any atom is 0.316 e. The number of urea groups is 1. The molecule has 0 saturated carbocycles. The molecule has 3 N–H and O–H groups in total. The first kappa shape index (κ1) is 8.93. The zero-order chi connectivity index (χ0) is 9.14. The van der Waals surface area contributed by atoms with Gasteiger partial charge in [0.2, 0.25) is 0 Å². The van der Waals surface area contributed by atoms with Crippen molar-refractivity contribution in [2.45, 2.75) is 11.8 Å². The Hall–Kier alpha value is -1.16. The third-order valence-corrected chi connectivity index (χ3v) is 1.78. The van der Waals surface area contributed by atoms with Gasteiger partial charge in [0.25, 0.3) is 0 Å². The van der Waals surface area contributed by atoms with Crippen molar-refractivity contribution in [3.63, 3.8) is 0 Å². The molecule has 0 fully saturated rings. The van der Waals surface area contributed by atoms with Gasteiger partial charge >= 0.3 is 6.03 Å². The van der Waals surface area contributed by atoms with Gasteiger partial charge in [0.1, 0.15) is 0 Å². The summed E-state index contributed by atoms with van der Waals surface area (Å²) in [5.41, 5.74) is 6.68. The zero-order valence-electron chi connectivity index (χ0n) is 6.66. The van der Waals surface area contributed by atoms with Crippen LogP contribution in [0.3, 0.4) is 0 Å². The number of amides is 2. The highest BCUT2D eigenvalue weighted by Gasteiger charge is 1.99. The van der Waals surface area contributed by atoms with E-state index in [1.54, 1.807) is 6.07 Å². The van der Waals surface area contributed by atoms with Crippen LogP contribution in [0.5, 0.6) is 0 Å². The maximum absolute atomic E-state index is 10.5. The van der Waals surface area contributed by atoms with E-state index >= 15 is 0 Å². The number of thiol groups is 1. The summed E-state index contributed by atoms with van der Waals surface area (Å²) < 4.78 is 0. The Morgan fingerprint density at radius 1 is 1.58 bits per heavy atom. The standard InChI is InChI=1S/C8H10N2OS/c1-5-2-3-6(7(12)4-5)10-8(9)11/h2-4,12H,1H3,(H3,9,10,11). The van der Waals surface area contributed by atoms with Gasteiger partial charge in [-0.05, 0) is 24.6 Å². The van der Waals surface area contributed by atoms with Gasteiger partial charge in [-0.1, -0.05) is 6.07 Å². The number of carbonyl (C=O) groups is 1. The highest BCUT2D eigenvalue weighted by molar-refractivity contribution is 7.80. The van der Waals surface area contributed by atoms with Crippen molar-refractivity contribution in [2.75, 3.05) is 5.32 Å². The SMILES string of the molecule is Cc1ccc(NC(N)=O)c(S)c1. The summed E-state index contributed by atoms with van der Waals surface area (Å²) in [6.45, 7) is 1.95. The van der Waals surface area contributed by atoms with Crippen LogP contribution in [0.4, 0.5) is 10.5 Å². The van der Waals surface area contributed by atoms with Gasteiger partial charge in [0.05, 0.1) is 5.69 Å². The minimum absolute atomic E-state index is 0.575. The fraction of sp³-hybridized carbons (Fsp3) is 0.125. The third kappa shape index (κ3) is 2.17. The van der Waals surface area contributed by atoms with Crippen LogP contribution in [-0.2, 0) is 0 Å². The largest absolute Gasteiger partial charge is 0.351 e. The van der Waals surface area contributed by atoms with E-state index in [4.69, 9.17) is 5.73 Å². The molecular formula is C8H10N2OS. The molecule has 0 unspecified atom stereocenters. The van der Waals surface area contributed by atoms with E-state index in [0.717, 1.165) is 5.56 Å². The van der Waals surface area contributed by atoms with Gasteiger partial charge in [-0.2, -0.15) is 0 Å². The zero-order valence-corrected chi connectivity index (χ0v) is 7.56. The number of nitrogens with two attached hydrogens (primary N) is 1. The molecule has 4 heteroatoms. The molecule has 1 rings (SSSR count). The van der Waals surface area contributed by atoms with Crippen molar-refractivity contribution < 1.29 is 4.79 Å². The summed E-state index contributed by atoms with van der Waals surface area (Å²) in [4.78, 5) is 11.2. The fourth-order valence-corrected chi connectivity index (χ4v) is 1.21. The highest BCUT2D eigenvalue weighted by atomic mass is 32.1. The lowest BCUT2D eigenvalue weighted by Gasteiger charge is -2.05. The van der Waals surface area contributed by atoms with E-state index in [1.807, 2.05) is 19.1 Å². The van der Waals surface area contributed by atoms with E-state index in [2.05, 4.69) is 17.9 Å². The number of nitrogens with one attached hydrogen (secondary N) is 1. The van der Waals surface area contributed by atoms with Crippen LogP contribution in [0.1, 0.15) is 5.56 Å². The fourth-order valence-electron chi connectivity index (χ4n) is 0.880. The molecule has 0 saturated heterocycles. The molecule has 0 aromatic heterocycles. The van der Waals surface area contributed by atoms with Crippen molar-refractivity contribution in [3.8, 4) is 0 Å². The molecule has 0 heterocycles. The van der Waals surface area contributed by atoms with Crippen LogP contribution in [0, 0.1) is 6.92 Å². The molecule has 0 spiro atoms. The van der Waals surface area contributed by atoms with Crippen LogP contribution >= 0.6 is 12.6 Å². The van der Waals surface area contributed by atoms with Gasteiger partial charge in [-0.3, -0.25) is 0 Å². The van der Waals surface area contributed by atoms with E-state index in [1.165, 1.54) is 0 Å². The van der Waals surface area contributed by atoms with Gasteiger partial charge < -0.3 is 11.1 Å². The minimum atomic E-state index is -0.575.